The molecule has 0 radical (unpaired) electrons. The summed E-state index contributed by atoms with van der Waals surface area (Å²) >= 11 is 0. The third kappa shape index (κ3) is 4.41. The van der Waals surface area contributed by atoms with Gasteiger partial charge in [-0.2, -0.15) is 0 Å². The van der Waals surface area contributed by atoms with Gasteiger partial charge in [0.1, 0.15) is 5.75 Å². The number of imide groups is 2. The number of carbonyl (C=O) groups is 4. The number of nitrogens with zero attached hydrogens (tertiary/aromatic N) is 1. The lowest BCUT2D eigenvalue weighted by Gasteiger charge is -2.29. The number of urea groups is 1. The van der Waals surface area contributed by atoms with E-state index in [2.05, 4.69) is 16.0 Å². The Bertz CT molecular complexity index is 1050. The van der Waals surface area contributed by atoms with Gasteiger partial charge in [-0.1, -0.05) is 12.1 Å². The molecule has 4 rings (SSSR count). The van der Waals surface area contributed by atoms with Crippen molar-refractivity contribution in [2.75, 3.05) is 12.4 Å². The number of methoxy groups -OCH3 is 1. The van der Waals surface area contributed by atoms with Gasteiger partial charge in [-0.3, -0.25) is 29.9 Å². The van der Waals surface area contributed by atoms with Crippen LogP contribution in [-0.2, 0) is 22.7 Å². The number of ether oxygens (including phenoxy) is 1. The molecule has 1 atom stereocenters. The van der Waals surface area contributed by atoms with Crippen LogP contribution in [0.1, 0.15) is 34.3 Å². The fraction of sp³-hybridized carbons (Fsp3) is 0.273. The van der Waals surface area contributed by atoms with E-state index in [1.54, 1.807) is 43.5 Å². The van der Waals surface area contributed by atoms with Crippen LogP contribution in [0, 0.1) is 0 Å². The largest absolute Gasteiger partial charge is 0.497 e. The van der Waals surface area contributed by atoms with E-state index in [1.165, 1.54) is 0 Å². The fourth-order valence-electron chi connectivity index (χ4n) is 3.92. The number of anilines is 1. The quantitative estimate of drug-likeness (QED) is 0.647. The number of carbonyl (C=O) groups excluding carboxylic acids is 4. The molecule has 0 aliphatic carbocycles. The molecule has 1 unspecified atom stereocenters. The number of piperidine rings is 1. The molecular weight excluding hydrogens is 400 g/mol. The van der Waals surface area contributed by atoms with Crippen LogP contribution in [0.3, 0.4) is 0 Å². The molecular formula is C22H22N4O5. The van der Waals surface area contributed by atoms with Gasteiger partial charge in [0, 0.05) is 30.8 Å². The lowest BCUT2D eigenvalue weighted by molar-refractivity contribution is -0.137. The Morgan fingerprint density at radius 3 is 2.58 bits per heavy atom. The second-order valence-corrected chi connectivity index (χ2v) is 7.45. The molecule has 1 fully saturated rings. The molecule has 2 aromatic rings. The van der Waals surface area contributed by atoms with Crippen molar-refractivity contribution < 1.29 is 23.9 Å². The monoisotopic (exact) mass is 422 g/mol. The highest BCUT2D eigenvalue weighted by atomic mass is 16.5. The summed E-state index contributed by atoms with van der Waals surface area (Å²) in [6.07, 6.45) is 0.743. The molecule has 0 spiro atoms. The highest BCUT2D eigenvalue weighted by Crippen LogP contribution is 2.29. The second-order valence-electron chi connectivity index (χ2n) is 7.45. The SMILES string of the molecule is COc1ccc(NC(=O)NC(=O)c2cccc3c2CN(C2CCC(=O)NC2=O)C3)cc1. The molecule has 2 heterocycles. The zero-order chi connectivity index (χ0) is 22.0. The molecule has 160 valence electrons. The maximum absolute atomic E-state index is 12.8. The molecule has 0 bridgehead atoms. The Morgan fingerprint density at radius 2 is 1.87 bits per heavy atom. The minimum absolute atomic E-state index is 0.263. The van der Waals surface area contributed by atoms with Gasteiger partial charge in [-0.25, -0.2) is 4.79 Å². The van der Waals surface area contributed by atoms with Crippen molar-refractivity contribution in [3.63, 3.8) is 0 Å². The van der Waals surface area contributed by atoms with Crippen molar-refractivity contribution >= 4 is 29.4 Å². The van der Waals surface area contributed by atoms with E-state index in [0.29, 0.717) is 42.9 Å². The summed E-state index contributed by atoms with van der Waals surface area (Å²) < 4.78 is 5.08. The van der Waals surface area contributed by atoms with E-state index in [4.69, 9.17) is 4.74 Å². The third-order valence-corrected chi connectivity index (χ3v) is 5.48. The maximum Gasteiger partial charge on any atom is 0.326 e. The summed E-state index contributed by atoms with van der Waals surface area (Å²) in [5.41, 5.74) is 2.61. The Balaban J connectivity index is 1.42. The lowest BCUT2D eigenvalue weighted by Crippen LogP contribution is -2.50. The number of rotatable bonds is 4. The van der Waals surface area contributed by atoms with Crippen LogP contribution >= 0.6 is 0 Å². The van der Waals surface area contributed by atoms with Crippen LogP contribution in [0.15, 0.2) is 42.5 Å². The van der Waals surface area contributed by atoms with Gasteiger partial charge in [0.25, 0.3) is 5.91 Å². The van der Waals surface area contributed by atoms with Crippen molar-refractivity contribution in [1.82, 2.24) is 15.5 Å². The van der Waals surface area contributed by atoms with Crippen LogP contribution in [0.2, 0.25) is 0 Å². The Labute approximate surface area is 178 Å². The number of nitrogens with one attached hydrogen (secondary N) is 3. The summed E-state index contributed by atoms with van der Waals surface area (Å²) in [7, 11) is 1.55. The number of benzene rings is 2. The van der Waals surface area contributed by atoms with E-state index in [9.17, 15) is 19.2 Å². The summed E-state index contributed by atoms with van der Waals surface area (Å²) in [5.74, 6) is -0.440. The molecule has 0 aromatic heterocycles. The summed E-state index contributed by atoms with van der Waals surface area (Å²) in [5, 5.41) is 7.33. The van der Waals surface area contributed by atoms with E-state index in [-0.39, 0.29) is 11.8 Å². The Hall–Kier alpha value is -3.72. The van der Waals surface area contributed by atoms with Crippen molar-refractivity contribution in [3.8, 4) is 5.75 Å². The lowest BCUT2D eigenvalue weighted by atomic mass is 10.0. The van der Waals surface area contributed by atoms with E-state index in [1.807, 2.05) is 11.0 Å². The molecule has 31 heavy (non-hydrogen) atoms. The topological polar surface area (TPSA) is 117 Å². The highest BCUT2D eigenvalue weighted by Gasteiger charge is 2.36. The number of hydrogen-bond acceptors (Lipinski definition) is 6. The van der Waals surface area contributed by atoms with Crippen molar-refractivity contribution in [1.29, 1.82) is 0 Å². The van der Waals surface area contributed by atoms with Gasteiger partial charge in [-0.15, -0.1) is 0 Å². The first kappa shape index (κ1) is 20.5. The van der Waals surface area contributed by atoms with Gasteiger partial charge in [-0.05, 0) is 47.9 Å². The molecule has 0 saturated carbocycles. The second kappa shape index (κ2) is 8.57. The fourth-order valence-corrected chi connectivity index (χ4v) is 3.92. The average Bonchev–Trinajstić information content (AvgIpc) is 3.18. The minimum atomic E-state index is -0.646. The maximum atomic E-state index is 12.8. The molecule has 3 N–H and O–H groups in total. The van der Waals surface area contributed by atoms with E-state index in [0.717, 1.165) is 11.1 Å². The van der Waals surface area contributed by atoms with Crippen LogP contribution in [0.4, 0.5) is 10.5 Å². The standard InChI is InChI=1S/C22H22N4O5/c1-31-15-7-5-14(6-8-15)23-22(30)25-20(28)16-4-2-3-13-11-26(12-17(13)16)18-9-10-19(27)24-21(18)29/h2-8,18H,9-12H2,1H3,(H,24,27,29)(H2,23,25,28,30). The van der Waals surface area contributed by atoms with Crippen LogP contribution in [0.5, 0.6) is 5.75 Å². The van der Waals surface area contributed by atoms with E-state index < -0.39 is 18.0 Å². The third-order valence-electron chi connectivity index (χ3n) is 5.48. The van der Waals surface area contributed by atoms with Gasteiger partial charge < -0.3 is 10.1 Å². The van der Waals surface area contributed by atoms with E-state index >= 15 is 0 Å². The molecule has 2 aliphatic heterocycles. The molecule has 2 aromatic carbocycles. The minimum Gasteiger partial charge on any atom is -0.497 e. The molecule has 9 nitrogen and oxygen atoms in total. The zero-order valence-corrected chi connectivity index (χ0v) is 16.9. The predicted octanol–water partition coefficient (Wildman–Crippen LogP) is 1.78. The van der Waals surface area contributed by atoms with Crippen LogP contribution in [0.25, 0.3) is 0 Å². The normalized spacial score (nSPS) is 18.2. The summed E-state index contributed by atoms with van der Waals surface area (Å²) in [6, 6.07) is 11.0. The highest BCUT2D eigenvalue weighted by molar-refractivity contribution is 6.08. The van der Waals surface area contributed by atoms with Crippen molar-refractivity contribution in [3.05, 3.63) is 59.2 Å². The summed E-state index contributed by atoms with van der Waals surface area (Å²) in [4.78, 5) is 50.6. The number of amides is 5. The molecule has 5 amide bonds. The Kier molecular flexibility index (Phi) is 5.68. The van der Waals surface area contributed by atoms with Crippen LogP contribution < -0.4 is 20.7 Å². The Morgan fingerprint density at radius 1 is 1.10 bits per heavy atom. The smallest absolute Gasteiger partial charge is 0.326 e. The van der Waals surface area contributed by atoms with Crippen molar-refractivity contribution in [2.24, 2.45) is 0 Å². The zero-order valence-electron chi connectivity index (χ0n) is 16.9. The van der Waals surface area contributed by atoms with Gasteiger partial charge >= 0.3 is 6.03 Å². The molecule has 2 aliphatic rings. The van der Waals surface area contributed by atoms with Gasteiger partial charge in [0.05, 0.1) is 13.2 Å². The first-order valence-corrected chi connectivity index (χ1v) is 9.89. The molecule has 1 saturated heterocycles. The van der Waals surface area contributed by atoms with Crippen molar-refractivity contribution in [2.45, 2.75) is 32.0 Å². The predicted molar refractivity (Wildman–Crippen MR) is 111 cm³/mol. The number of fused-ring (bicyclic) bond motifs is 1. The first-order valence-electron chi connectivity index (χ1n) is 9.89. The van der Waals surface area contributed by atoms with Gasteiger partial charge in [0.2, 0.25) is 11.8 Å². The number of hydrogen-bond donors (Lipinski definition) is 3. The summed E-state index contributed by atoms with van der Waals surface area (Å²) in [6.45, 7) is 0.895. The van der Waals surface area contributed by atoms with Gasteiger partial charge in [0.15, 0.2) is 0 Å². The van der Waals surface area contributed by atoms with Crippen LogP contribution in [-0.4, -0.2) is 41.8 Å². The molecule has 9 heteroatoms. The average molecular weight is 422 g/mol. The first-order chi connectivity index (χ1) is 14.9.